The number of hydrogen-bond acceptors (Lipinski definition) is 2. The molecule has 0 saturated carbocycles. The second-order valence-electron chi connectivity index (χ2n) is 3.40. The maximum Gasteiger partial charge on any atom is 0.0899 e. The van der Waals surface area contributed by atoms with Crippen molar-refractivity contribution in [3.05, 3.63) is 36.2 Å². The molecule has 1 rings (SSSR count). The average molecular weight is 176 g/mol. The van der Waals surface area contributed by atoms with Gasteiger partial charge in [-0.15, -0.1) is 0 Å². The van der Waals surface area contributed by atoms with Gasteiger partial charge in [-0.2, -0.15) is 0 Å². The number of nitrogens with zero attached hydrogens (tertiary/aromatic N) is 2. The predicted octanol–water partition coefficient (Wildman–Crippen LogP) is 2.36. The van der Waals surface area contributed by atoms with Gasteiger partial charge in [0.05, 0.1) is 11.4 Å². The van der Waals surface area contributed by atoms with E-state index in [1.165, 1.54) is 0 Å². The molecule has 0 saturated heterocycles. The van der Waals surface area contributed by atoms with Gasteiger partial charge < -0.3 is 4.90 Å². The summed E-state index contributed by atoms with van der Waals surface area (Å²) >= 11 is 0. The first-order valence-corrected chi connectivity index (χ1v) is 4.40. The Labute approximate surface area is 80.0 Å². The number of aliphatic imine (C=N–C) groups is 1. The summed E-state index contributed by atoms with van der Waals surface area (Å²) in [5.74, 6) is 0. The van der Waals surface area contributed by atoms with Crippen LogP contribution in [0.3, 0.4) is 0 Å². The Morgan fingerprint density at radius 3 is 2.46 bits per heavy atom. The molecule has 0 fully saturated rings. The molecular weight excluding hydrogens is 160 g/mol. The average Bonchev–Trinajstić information content (AvgIpc) is 2.41. The van der Waals surface area contributed by atoms with Crippen molar-refractivity contribution >= 4 is 6.72 Å². The van der Waals surface area contributed by atoms with Gasteiger partial charge in [-0.05, 0) is 26.1 Å². The Balaban J connectivity index is 2.97. The fourth-order valence-electron chi connectivity index (χ4n) is 1.52. The standard InChI is InChI=1S/C11H16N2/c1-6-10-7-13(8(2)3)9(4)11(10)12-5/h6,8H,1,4-5,7H2,2-3H3. The Morgan fingerprint density at radius 1 is 1.54 bits per heavy atom. The minimum atomic E-state index is 0.446. The number of hydrogen-bond donors (Lipinski definition) is 0. The van der Waals surface area contributed by atoms with Crippen LogP contribution in [0.15, 0.2) is 41.2 Å². The van der Waals surface area contributed by atoms with Gasteiger partial charge in [0.1, 0.15) is 0 Å². The van der Waals surface area contributed by atoms with Gasteiger partial charge >= 0.3 is 0 Å². The molecular formula is C11H16N2. The molecule has 2 heteroatoms. The van der Waals surface area contributed by atoms with Crippen LogP contribution in [0.2, 0.25) is 0 Å². The first-order chi connectivity index (χ1) is 6.11. The molecule has 0 atom stereocenters. The highest BCUT2D eigenvalue weighted by molar-refractivity contribution is 5.47. The Bertz CT molecular complexity index is 284. The van der Waals surface area contributed by atoms with E-state index in [0.29, 0.717) is 6.04 Å². The molecule has 0 aliphatic carbocycles. The zero-order chi connectivity index (χ0) is 10.0. The minimum absolute atomic E-state index is 0.446. The highest BCUT2D eigenvalue weighted by Gasteiger charge is 2.24. The fraction of sp³-hybridized carbons (Fsp3) is 0.364. The van der Waals surface area contributed by atoms with Gasteiger partial charge in [-0.3, -0.25) is 4.99 Å². The van der Waals surface area contributed by atoms with Crippen molar-refractivity contribution in [2.45, 2.75) is 19.9 Å². The fourth-order valence-corrected chi connectivity index (χ4v) is 1.52. The summed E-state index contributed by atoms with van der Waals surface area (Å²) in [6.45, 7) is 16.4. The quantitative estimate of drug-likeness (QED) is 0.603. The first-order valence-electron chi connectivity index (χ1n) is 4.40. The van der Waals surface area contributed by atoms with Crippen molar-refractivity contribution in [1.29, 1.82) is 0 Å². The Morgan fingerprint density at radius 2 is 2.15 bits per heavy atom. The molecule has 0 spiro atoms. The zero-order valence-corrected chi connectivity index (χ0v) is 8.38. The Hall–Kier alpha value is -1.31. The van der Waals surface area contributed by atoms with Crippen LogP contribution >= 0.6 is 0 Å². The molecule has 0 unspecified atom stereocenters. The summed E-state index contributed by atoms with van der Waals surface area (Å²) in [7, 11) is 0. The van der Waals surface area contributed by atoms with Crippen LogP contribution in [0.4, 0.5) is 0 Å². The zero-order valence-electron chi connectivity index (χ0n) is 8.38. The molecule has 0 aromatic rings. The van der Waals surface area contributed by atoms with E-state index in [-0.39, 0.29) is 0 Å². The van der Waals surface area contributed by atoms with E-state index in [1.807, 2.05) is 6.08 Å². The van der Waals surface area contributed by atoms with E-state index in [0.717, 1.165) is 23.5 Å². The molecule has 0 aromatic heterocycles. The summed E-state index contributed by atoms with van der Waals surface area (Å²) < 4.78 is 0. The van der Waals surface area contributed by atoms with Crippen molar-refractivity contribution in [1.82, 2.24) is 4.90 Å². The van der Waals surface area contributed by atoms with Crippen LogP contribution in [-0.2, 0) is 0 Å². The van der Waals surface area contributed by atoms with Gasteiger partial charge in [-0.25, -0.2) is 0 Å². The van der Waals surface area contributed by atoms with E-state index in [4.69, 9.17) is 0 Å². The molecule has 0 N–H and O–H groups in total. The molecule has 0 amide bonds. The lowest BCUT2D eigenvalue weighted by atomic mass is 10.2. The van der Waals surface area contributed by atoms with Crippen LogP contribution in [0.5, 0.6) is 0 Å². The van der Waals surface area contributed by atoms with Crippen molar-refractivity contribution in [2.24, 2.45) is 4.99 Å². The van der Waals surface area contributed by atoms with Crippen LogP contribution in [0, 0.1) is 0 Å². The van der Waals surface area contributed by atoms with Crippen LogP contribution in [-0.4, -0.2) is 24.2 Å². The summed E-state index contributed by atoms with van der Waals surface area (Å²) in [6, 6.07) is 0.446. The van der Waals surface area contributed by atoms with E-state index in [9.17, 15) is 0 Å². The van der Waals surface area contributed by atoms with E-state index >= 15 is 0 Å². The lowest BCUT2D eigenvalue weighted by Crippen LogP contribution is -2.27. The topological polar surface area (TPSA) is 15.6 Å². The Kier molecular flexibility index (Phi) is 2.71. The summed E-state index contributed by atoms with van der Waals surface area (Å²) in [4.78, 5) is 6.17. The second-order valence-corrected chi connectivity index (χ2v) is 3.40. The van der Waals surface area contributed by atoms with Gasteiger partial charge in [0.2, 0.25) is 0 Å². The van der Waals surface area contributed by atoms with Crippen molar-refractivity contribution in [3.63, 3.8) is 0 Å². The lowest BCUT2D eigenvalue weighted by molar-refractivity contribution is 0.331. The first kappa shape index (κ1) is 9.78. The lowest BCUT2D eigenvalue weighted by Gasteiger charge is -2.24. The van der Waals surface area contributed by atoms with E-state index in [2.05, 4.69) is 43.6 Å². The third-order valence-electron chi connectivity index (χ3n) is 2.29. The molecule has 1 heterocycles. The van der Waals surface area contributed by atoms with Gasteiger partial charge in [0.25, 0.3) is 0 Å². The van der Waals surface area contributed by atoms with E-state index in [1.54, 1.807) is 0 Å². The van der Waals surface area contributed by atoms with Gasteiger partial charge in [0.15, 0.2) is 0 Å². The van der Waals surface area contributed by atoms with Crippen LogP contribution in [0.25, 0.3) is 0 Å². The highest BCUT2D eigenvalue weighted by atomic mass is 15.2. The largest absolute Gasteiger partial charge is 0.363 e. The maximum absolute atomic E-state index is 3.99. The monoisotopic (exact) mass is 176 g/mol. The van der Waals surface area contributed by atoms with Gasteiger partial charge in [-0.1, -0.05) is 19.2 Å². The molecule has 1 aliphatic rings. The second kappa shape index (κ2) is 3.60. The molecule has 0 aromatic carbocycles. The van der Waals surface area contributed by atoms with Crippen molar-refractivity contribution in [3.8, 4) is 0 Å². The van der Waals surface area contributed by atoms with E-state index < -0.39 is 0 Å². The van der Waals surface area contributed by atoms with Gasteiger partial charge in [0, 0.05) is 12.6 Å². The summed E-state index contributed by atoms with van der Waals surface area (Å²) in [6.07, 6.45) is 1.83. The smallest absolute Gasteiger partial charge is 0.0899 e. The molecule has 0 bridgehead atoms. The van der Waals surface area contributed by atoms with Crippen molar-refractivity contribution < 1.29 is 0 Å². The number of rotatable bonds is 3. The molecule has 1 aliphatic heterocycles. The summed E-state index contributed by atoms with van der Waals surface area (Å²) in [5, 5.41) is 0. The summed E-state index contributed by atoms with van der Waals surface area (Å²) in [5.41, 5.74) is 2.97. The normalized spacial score (nSPS) is 17.2. The predicted molar refractivity (Wildman–Crippen MR) is 57.8 cm³/mol. The molecule has 2 nitrogen and oxygen atoms in total. The highest BCUT2D eigenvalue weighted by Crippen LogP contribution is 2.29. The molecule has 13 heavy (non-hydrogen) atoms. The molecule has 70 valence electrons. The third-order valence-corrected chi connectivity index (χ3v) is 2.29. The van der Waals surface area contributed by atoms with Crippen LogP contribution in [0.1, 0.15) is 13.8 Å². The maximum atomic E-state index is 3.99. The van der Waals surface area contributed by atoms with Crippen LogP contribution < -0.4 is 0 Å². The molecule has 0 radical (unpaired) electrons. The third kappa shape index (κ3) is 1.57. The van der Waals surface area contributed by atoms with Crippen molar-refractivity contribution in [2.75, 3.05) is 6.54 Å². The SMILES string of the molecule is C=CC1=C(N=C)C(=C)N(C(C)C)C1. The minimum Gasteiger partial charge on any atom is -0.363 e.